The van der Waals surface area contributed by atoms with Gasteiger partial charge in [-0.05, 0) is 24.3 Å². The van der Waals surface area contributed by atoms with E-state index in [1.165, 1.54) is 0 Å². The van der Waals surface area contributed by atoms with Gasteiger partial charge in [-0.15, -0.1) is 0 Å². The molecule has 2 aromatic rings. The number of hydrogen-bond acceptors (Lipinski definition) is 3. The Balaban J connectivity index is 1.58. The van der Waals surface area contributed by atoms with Crippen LogP contribution in [0.25, 0.3) is 0 Å². The Morgan fingerprint density at radius 3 is 2.00 bits per heavy atom. The highest BCUT2D eigenvalue weighted by atomic mass is 19.2. The predicted octanol–water partition coefficient (Wildman–Crippen LogP) is 1.73. The number of hydrogen-bond donors (Lipinski definition) is 2. The summed E-state index contributed by atoms with van der Waals surface area (Å²) in [6.07, 6.45) is 0. The van der Waals surface area contributed by atoms with Gasteiger partial charge in [0, 0.05) is 5.69 Å². The van der Waals surface area contributed by atoms with Gasteiger partial charge in [0.1, 0.15) is 11.4 Å². The normalized spacial score (nSPS) is 14.8. The van der Waals surface area contributed by atoms with Crippen LogP contribution in [0.15, 0.2) is 24.3 Å². The number of quaternary nitrogens is 1. The molecule has 0 aromatic heterocycles. The molecule has 10 heteroatoms. The van der Waals surface area contributed by atoms with E-state index in [0.717, 1.165) is 16.3 Å². The van der Waals surface area contributed by atoms with E-state index in [0.29, 0.717) is 26.2 Å². The Hall–Kier alpha value is -2.88. The number of halogens is 5. The van der Waals surface area contributed by atoms with Crippen LogP contribution in [0, 0.1) is 29.1 Å². The van der Waals surface area contributed by atoms with E-state index in [1.807, 2.05) is 24.3 Å². The minimum absolute atomic E-state index is 0.157. The Bertz CT molecular complexity index is 871. The summed E-state index contributed by atoms with van der Waals surface area (Å²) in [7, 11) is 1.58. The molecule has 1 saturated heterocycles. The second kappa shape index (κ2) is 8.64. The van der Waals surface area contributed by atoms with Gasteiger partial charge < -0.3 is 19.9 Å². The number of methoxy groups -OCH3 is 1. The second-order valence-corrected chi connectivity index (χ2v) is 6.60. The molecular formula is C19H19F5N3O2+. The molecule has 1 aliphatic rings. The number of amides is 1. The fourth-order valence-electron chi connectivity index (χ4n) is 3.18. The van der Waals surface area contributed by atoms with Gasteiger partial charge >= 0.3 is 0 Å². The minimum Gasteiger partial charge on any atom is -0.497 e. The zero-order valence-corrected chi connectivity index (χ0v) is 15.5. The van der Waals surface area contributed by atoms with Gasteiger partial charge in [-0.1, -0.05) is 0 Å². The number of ether oxygens (including phenoxy) is 1. The highest BCUT2D eigenvalue weighted by Gasteiger charge is 2.28. The number of anilines is 2. The van der Waals surface area contributed by atoms with E-state index >= 15 is 0 Å². The number of nitrogens with one attached hydrogen (secondary N) is 2. The first-order chi connectivity index (χ1) is 13.8. The first-order valence-corrected chi connectivity index (χ1v) is 8.85. The average Bonchev–Trinajstić information content (AvgIpc) is 2.74. The molecule has 0 unspecified atom stereocenters. The van der Waals surface area contributed by atoms with E-state index in [1.54, 1.807) is 12.4 Å². The van der Waals surface area contributed by atoms with Crippen molar-refractivity contribution in [3.8, 4) is 5.75 Å². The molecule has 2 N–H and O–H groups in total. The van der Waals surface area contributed by atoms with Crippen molar-refractivity contribution >= 4 is 17.3 Å². The topological polar surface area (TPSA) is 46.0 Å². The number of carbonyl (C=O) groups is 1. The van der Waals surface area contributed by atoms with Crippen molar-refractivity contribution in [2.45, 2.75) is 0 Å². The summed E-state index contributed by atoms with van der Waals surface area (Å²) in [5.41, 5.74) is -0.335. The number of benzene rings is 2. The lowest BCUT2D eigenvalue weighted by Crippen LogP contribution is -3.15. The van der Waals surface area contributed by atoms with Crippen molar-refractivity contribution in [3.05, 3.63) is 53.4 Å². The van der Waals surface area contributed by atoms with E-state index in [-0.39, 0.29) is 6.54 Å². The van der Waals surface area contributed by atoms with Crippen molar-refractivity contribution in [1.82, 2.24) is 0 Å². The molecule has 0 bridgehead atoms. The zero-order valence-electron chi connectivity index (χ0n) is 15.5. The number of carbonyl (C=O) groups excluding carboxylic acids is 1. The first-order valence-electron chi connectivity index (χ1n) is 8.85. The van der Waals surface area contributed by atoms with Gasteiger partial charge in [-0.2, -0.15) is 0 Å². The lowest BCUT2D eigenvalue weighted by atomic mass is 10.2. The van der Waals surface area contributed by atoms with E-state index in [2.05, 4.69) is 4.90 Å². The van der Waals surface area contributed by atoms with Gasteiger partial charge in [0.15, 0.2) is 29.8 Å². The molecule has 1 aliphatic heterocycles. The predicted molar refractivity (Wildman–Crippen MR) is 95.6 cm³/mol. The molecule has 0 aliphatic carbocycles. The molecule has 1 heterocycles. The molecule has 5 nitrogen and oxygen atoms in total. The maximum Gasteiger partial charge on any atom is 0.279 e. The van der Waals surface area contributed by atoms with Gasteiger partial charge in [-0.3, -0.25) is 4.79 Å². The third-order valence-corrected chi connectivity index (χ3v) is 4.79. The van der Waals surface area contributed by atoms with Crippen molar-refractivity contribution in [1.29, 1.82) is 0 Å². The van der Waals surface area contributed by atoms with E-state index in [4.69, 9.17) is 4.74 Å². The molecule has 1 fully saturated rings. The Kier molecular flexibility index (Phi) is 6.21. The van der Waals surface area contributed by atoms with Gasteiger partial charge in [0.05, 0.1) is 33.3 Å². The van der Waals surface area contributed by atoms with Crippen LogP contribution in [-0.4, -0.2) is 45.7 Å². The minimum atomic E-state index is -2.27. The van der Waals surface area contributed by atoms with E-state index in [9.17, 15) is 26.7 Å². The summed E-state index contributed by atoms with van der Waals surface area (Å²) in [6.45, 7) is 2.25. The van der Waals surface area contributed by atoms with Crippen LogP contribution < -0.4 is 19.9 Å². The van der Waals surface area contributed by atoms with Crippen molar-refractivity contribution in [3.63, 3.8) is 0 Å². The molecule has 0 saturated carbocycles. The van der Waals surface area contributed by atoms with Crippen LogP contribution in [0.4, 0.5) is 33.3 Å². The third-order valence-electron chi connectivity index (χ3n) is 4.79. The summed E-state index contributed by atoms with van der Waals surface area (Å²) in [6, 6.07) is 7.51. The average molecular weight is 416 g/mol. The summed E-state index contributed by atoms with van der Waals surface area (Å²) in [5.74, 6) is -10.7. The molecule has 156 valence electrons. The SMILES string of the molecule is COc1ccc(N2CC[NH+](CC(=O)Nc3c(F)c(F)c(F)c(F)c3F)CC2)cc1. The van der Waals surface area contributed by atoms with Crippen molar-refractivity contribution in [2.75, 3.05) is 50.1 Å². The lowest BCUT2D eigenvalue weighted by molar-refractivity contribution is -0.892. The smallest absolute Gasteiger partial charge is 0.279 e. The third kappa shape index (κ3) is 4.42. The molecule has 0 atom stereocenters. The maximum absolute atomic E-state index is 13.7. The van der Waals surface area contributed by atoms with Crippen LogP contribution in [0.5, 0.6) is 5.75 Å². The molecule has 29 heavy (non-hydrogen) atoms. The monoisotopic (exact) mass is 416 g/mol. The molecule has 2 aromatic carbocycles. The van der Waals surface area contributed by atoms with Crippen LogP contribution in [-0.2, 0) is 4.79 Å². The van der Waals surface area contributed by atoms with Crippen molar-refractivity contribution in [2.24, 2.45) is 0 Å². The summed E-state index contributed by atoms with van der Waals surface area (Å²) in [4.78, 5) is 15.0. The largest absolute Gasteiger partial charge is 0.497 e. The molecule has 0 spiro atoms. The first kappa shape index (κ1) is 20.8. The Morgan fingerprint density at radius 2 is 1.48 bits per heavy atom. The van der Waals surface area contributed by atoms with Crippen LogP contribution in [0.1, 0.15) is 0 Å². The molecule has 0 radical (unpaired) electrons. The quantitative estimate of drug-likeness (QED) is 0.444. The Labute approximate surface area is 163 Å². The van der Waals surface area contributed by atoms with Gasteiger partial charge in [-0.25, -0.2) is 22.0 Å². The molecule has 1 amide bonds. The van der Waals surface area contributed by atoms with Crippen LogP contribution in [0.3, 0.4) is 0 Å². The fourth-order valence-corrected chi connectivity index (χ4v) is 3.18. The number of piperazine rings is 1. The number of nitrogens with zero attached hydrogens (tertiary/aromatic N) is 1. The highest BCUT2D eigenvalue weighted by Crippen LogP contribution is 2.27. The highest BCUT2D eigenvalue weighted by molar-refractivity contribution is 5.91. The zero-order chi connectivity index (χ0) is 21.1. The Morgan fingerprint density at radius 1 is 0.966 bits per heavy atom. The van der Waals surface area contributed by atoms with Crippen molar-refractivity contribution < 1.29 is 36.4 Å². The summed E-state index contributed by atoms with van der Waals surface area (Å²) < 4.78 is 72.0. The second-order valence-electron chi connectivity index (χ2n) is 6.60. The van der Waals surface area contributed by atoms with Gasteiger partial charge in [0.2, 0.25) is 5.82 Å². The summed E-state index contributed by atoms with van der Waals surface area (Å²) in [5, 5.41) is 1.81. The van der Waals surface area contributed by atoms with Crippen LogP contribution >= 0.6 is 0 Å². The van der Waals surface area contributed by atoms with Crippen LogP contribution in [0.2, 0.25) is 0 Å². The maximum atomic E-state index is 13.7. The summed E-state index contributed by atoms with van der Waals surface area (Å²) >= 11 is 0. The molecule has 3 rings (SSSR count). The van der Waals surface area contributed by atoms with Gasteiger partial charge in [0.25, 0.3) is 5.91 Å². The molecular weight excluding hydrogens is 397 g/mol. The fraction of sp³-hybridized carbons (Fsp3) is 0.316. The number of rotatable bonds is 5. The standard InChI is InChI=1S/C19H18F5N3O2/c1-29-12-4-2-11(3-5-12)27-8-6-26(7-9-27)10-13(28)25-19-17(23)15(21)14(20)16(22)18(19)24/h2-5H,6-10H2,1H3,(H,25,28)/p+1. The van der Waals surface area contributed by atoms with E-state index < -0.39 is 40.7 Å². The lowest BCUT2D eigenvalue weighted by Gasteiger charge is -2.33.